The van der Waals surface area contributed by atoms with Crippen molar-refractivity contribution >= 4 is 5.91 Å². The molecule has 1 N–H and O–H groups in total. The number of nitrogens with zero attached hydrogens (tertiary/aromatic N) is 1. The van der Waals surface area contributed by atoms with Gasteiger partial charge in [-0.3, -0.25) is 9.78 Å². The summed E-state index contributed by atoms with van der Waals surface area (Å²) in [7, 11) is 0. The third-order valence-corrected chi connectivity index (χ3v) is 2.28. The van der Waals surface area contributed by atoms with Gasteiger partial charge in [-0.2, -0.15) is 0 Å². The summed E-state index contributed by atoms with van der Waals surface area (Å²) in [6.45, 7) is 0.288. The number of hydrogen-bond donors (Lipinski definition) is 1. The second-order valence-corrected chi connectivity index (χ2v) is 3.22. The van der Waals surface area contributed by atoms with Crippen LogP contribution in [0.25, 0.3) is 0 Å². The molecule has 0 bridgehead atoms. The maximum Gasteiger partial charge on any atom is 0.220 e. The fraction of sp³-hybridized carbons (Fsp3) is 0.333. The molecule has 3 nitrogen and oxygen atoms in total. The van der Waals surface area contributed by atoms with Gasteiger partial charge in [-0.05, 0) is 0 Å². The van der Waals surface area contributed by atoms with Crippen LogP contribution in [0, 0.1) is 11.6 Å². The van der Waals surface area contributed by atoms with E-state index in [0.29, 0.717) is 0 Å². The number of aromatic nitrogens is 1. The van der Waals surface area contributed by atoms with Crippen molar-refractivity contribution in [2.75, 3.05) is 6.54 Å². The van der Waals surface area contributed by atoms with Crippen LogP contribution in [-0.2, 0) is 4.79 Å². The number of rotatable bonds is 1. The monoisotopic (exact) mass is 198 g/mol. The van der Waals surface area contributed by atoms with Crippen molar-refractivity contribution in [3.05, 3.63) is 29.6 Å². The Balaban J connectivity index is 2.36. The van der Waals surface area contributed by atoms with Crippen molar-refractivity contribution < 1.29 is 13.6 Å². The number of carbonyl (C=O) groups excluding carboxylic acids is 1. The van der Waals surface area contributed by atoms with Crippen molar-refractivity contribution in [2.24, 2.45) is 0 Å². The first-order valence-corrected chi connectivity index (χ1v) is 4.24. The Morgan fingerprint density at radius 3 is 2.50 bits per heavy atom. The van der Waals surface area contributed by atoms with Crippen LogP contribution in [0.15, 0.2) is 12.4 Å². The molecule has 1 aromatic rings. The van der Waals surface area contributed by atoms with Crippen LogP contribution in [0.4, 0.5) is 8.78 Å². The lowest BCUT2D eigenvalue weighted by molar-refractivity contribution is -0.119. The van der Waals surface area contributed by atoms with E-state index in [1.54, 1.807) is 0 Å². The van der Waals surface area contributed by atoms with Crippen molar-refractivity contribution in [3.8, 4) is 0 Å². The molecule has 0 saturated carbocycles. The molecule has 1 atom stereocenters. The third kappa shape index (κ3) is 1.45. The molecule has 74 valence electrons. The van der Waals surface area contributed by atoms with E-state index in [1.165, 1.54) is 0 Å². The highest BCUT2D eigenvalue weighted by Crippen LogP contribution is 2.26. The van der Waals surface area contributed by atoms with Crippen LogP contribution in [-0.4, -0.2) is 17.4 Å². The molecule has 0 radical (unpaired) electrons. The normalized spacial score (nSPS) is 21.0. The predicted octanol–water partition coefficient (Wildman–Crippen LogP) is 0.963. The van der Waals surface area contributed by atoms with E-state index in [1.807, 2.05) is 0 Å². The van der Waals surface area contributed by atoms with Crippen LogP contribution >= 0.6 is 0 Å². The van der Waals surface area contributed by atoms with Gasteiger partial charge < -0.3 is 5.32 Å². The largest absolute Gasteiger partial charge is 0.355 e. The van der Waals surface area contributed by atoms with E-state index in [9.17, 15) is 13.6 Å². The van der Waals surface area contributed by atoms with Gasteiger partial charge in [-0.15, -0.1) is 0 Å². The average Bonchev–Trinajstić information content (AvgIpc) is 2.51. The van der Waals surface area contributed by atoms with E-state index < -0.39 is 17.6 Å². The molecule has 0 spiro atoms. The Labute approximate surface area is 79.1 Å². The molecule has 1 amide bonds. The lowest BCUT2D eigenvalue weighted by Crippen LogP contribution is -2.14. The van der Waals surface area contributed by atoms with Crippen LogP contribution in [0.3, 0.4) is 0 Å². The molecule has 1 saturated heterocycles. The predicted molar refractivity (Wildman–Crippen MR) is 44.5 cm³/mol. The van der Waals surface area contributed by atoms with Crippen LogP contribution in [0.2, 0.25) is 0 Å². The molecular weight excluding hydrogens is 190 g/mol. The molecule has 1 aliphatic heterocycles. The number of amides is 1. The summed E-state index contributed by atoms with van der Waals surface area (Å²) < 4.78 is 26.4. The maximum atomic E-state index is 13.2. The standard InChI is InChI=1S/C9H8F2N2O/c10-6-3-12-4-7(11)9(6)5-1-8(14)13-2-5/h3-5H,1-2H2,(H,13,14). The zero-order valence-corrected chi connectivity index (χ0v) is 7.26. The van der Waals surface area contributed by atoms with Gasteiger partial charge in [0.2, 0.25) is 5.91 Å². The summed E-state index contributed by atoms with van der Waals surface area (Å²) in [6, 6.07) is 0. The molecule has 0 aliphatic carbocycles. The Hall–Kier alpha value is -1.52. The second kappa shape index (κ2) is 3.32. The fourth-order valence-corrected chi connectivity index (χ4v) is 1.62. The maximum absolute atomic E-state index is 13.2. The first-order chi connectivity index (χ1) is 6.68. The zero-order chi connectivity index (χ0) is 10.1. The van der Waals surface area contributed by atoms with E-state index in [4.69, 9.17) is 0 Å². The van der Waals surface area contributed by atoms with E-state index in [0.717, 1.165) is 12.4 Å². The first kappa shape index (κ1) is 9.05. The van der Waals surface area contributed by atoms with Gasteiger partial charge in [0.25, 0.3) is 0 Å². The molecule has 14 heavy (non-hydrogen) atoms. The van der Waals surface area contributed by atoms with Gasteiger partial charge in [0.05, 0.1) is 12.4 Å². The Kier molecular flexibility index (Phi) is 2.15. The molecule has 1 fully saturated rings. The van der Waals surface area contributed by atoms with Crippen molar-refractivity contribution in [1.82, 2.24) is 10.3 Å². The van der Waals surface area contributed by atoms with Gasteiger partial charge in [0.1, 0.15) is 11.6 Å². The lowest BCUT2D eigenvalue weighted by atomic mass is 9.98. The van der Waals surface area contributed by atoms with Gasteiger partial charge >= 0.3 is 0 Å². The highest BCUT2D eigenvalue weighted by Gasteiger charge is 2.28. The second-order valence-electron chi connectivity index (χ2n) is 3.22. The third-order valence-electron chi connectivity index (χ3n) is 2.28. The molecule has 1 aliphatic rings. The van der Waals surface area contributed by atoms with Crippen LogP contribution in [0.5, 0.6) is 0 Å². The molecule has 0 aromatic carbocycles. The molecule has 2 rings (SSSR count). The molecule has 1 aromatic heterocycles. The van der Waals surface area contributed by atoms with Gasteiger partial charge in [-0.25, -0.2) is 8.78 Å². The molecule has 1 unspecified atom stereocenters. The first-order valence-electron chi connectivity index (χ1n) is 4.24. The number of hydrogen-bond acceptors (Lipinski definition) is 2. The van der Waals surface area contributed by atoms with E-state index in [2.05, 4.69) is 10.3 Å². The molecule has 5 heteroatoms. The quantitative estimate of drug-likeness (QED) is 0.730. The van der Waals surface area contributed by atoms with Crippen LogP contribution < -0.4 is 5.32 Å². The summed E-state index contributed by atoms with van der Waals surface area (Å²) in [4.78, 5) is 14.3. The fourth-order valence-electron chi connectivity index (χ4n) is 1.62. The van der Waals surface area contributed by atoms with Crippen LogP contribution in [0.1, 0.15) is 17.9 Å². The zero-order valence-electron chi connectivity index (χ0n) is 7.26. The lowest BCUT2D eigenvalue weighted by Gasteiger charge is -2.08. The minimum atomic E-state index is -0.688. The summed E-state index contributed by atoms with van der Waals surface area (Å²) >= 11 is 0. The topological polar surface area (TPSA) is 42.0 Å². The Morgan fingerprint density at radius 2 is 2.00 bits per heavy atom. The van der Waals surface area contributed by atoms with Gasteiger partial charge in [0.15, 0.2) is 0 Å². The number of nitrogens with one attached hydrogen (secondary N) is 1. The van der Waals surface area contributed by atoms with Gasteiger partial charge in [-0.1, -0.05) is 0 Å². The summed E-state index contributed by atoms with van der Waals surface area (Å²) in [5.41, 5.74) is -0.0432. The highest BCUT2D eigenvalue weighted by molar-refractivity contribution is 5.79. The molecular formula is C9H8F2N2O. The number of carbonyl (C=O) groups is 1. The van der Waals surface area contributed by atoms with E-state index in [-0.39, 0.29) is 24.4 Å². The SMILES string of the molecule is O=C1CC(c2c(F)cncc2F)CN1. The number of halogens is 2. The van der Waals surface area contributed by atoms with Crippen molar-refractivity contribution in [2.45, 2.75) is 12.3 Å². The average molecular weight is 198 g/mol. The minimum Gasteiger partial charge on any atom is -0.355 e. The molecule has 2 heterocycles. The highest BCUT2D eigenvalue weighted by atomic mass is 19.1. The summed E-state index contributed by atoms with van der Waals surface area (Å²) in [6.07, 6.45) is 2.06. The van der Waals surface area contributed by atoms with Crippen molar-refractivity contribution in [3.63, 3.8) is 0 Å². The smallest absolute Gasteiger partial charge is 0.220 e. The minimum absolute atomic E-state index is 0.0432. The Bertz CT molecular complexity index is 361. The van der Waals surface area contributed by atoms with E-state index >= 15 is 0 Å². The summed E-state index contributed by atoms with van der Waals surface area (Å²) in [5, 5.41) is 2.53. The Morgan fingerprint density at radius 1 is 1.36 bits per heavy atom. The summed E-state index contributed by atoms with van der Waals surface area (Å²) in [5.74, 6) is -1.96. The van der Waals surface area contributed by atoms with Gasteiger partial charge in [0, 0.05) is 24.4 Å². The number of pyridine rings is 1. The van der Waals surface area contributed by atoms with Crippen molar-refractivity contribution in [1.29, 1.82) is 0 Å².